The lowest BCUT2D eigenvalue weighted by Crippen LogP contribution is -2.06. The van der Waals surface area contributed by atoms with Crippen molar-refractivity contribution < 1.29 is 9.47 Å². The molecule has 0 bridgehead atoms. The minimum absolute atomic E-state index is 0.346. The van der Waals surface area contributed by atoms with Gasteiger partial charge in [0.25, 0.3) is 0 Å². The van der Waals surface area contributed by atoms with Crippen molar-refractivity contribution in [2.24, 2.45) is 12.8 Å². The summed E-state index contributed by atoms with van der Waals surface area (Å²) in [5.41, 5.74) is 6.68. The average Bonchev–Trinajstić information content (AvgIpc) is 2.82. The molecule has 6 nitrogen and oxygen atoms in total. The van der Waals surface area contributed by atoms with E-state index in [-0.39, 0.29) is 0 Å². The van der Waals surface area contributed by atoms with Gasteiger partial charge in [-0.05, 0) is 30.7 Å². The fraction of sp³-hybridized carbons (Fsp3) is 0.385. The van der Waals surface area contributed by atoms with E-state index < -0.39 is 0 Å². The lowest BCUT2D eigenvalue weighted by atomic mass is 10.1. The van der Waals surface area contributed by atoms with Gasteiger partial charge < -0.3 is 15.2 Å². The summed E-state index contributed by atoms with van der Waals surface area (Å²) in [6.07, 6.45) is 2.31. The van der Waals surface area contributed by atoms with Gasteiger partial charge in [0.1, 0.15) is 12.9 Å². The second kappa shape index (κ2) is 6.19. The van der Waals surface area contributed by atoms with Crippen molar-refractivity contribution in [3.05, 3.63) is 35.9 Å². The van der Waals surface area contributed by atoms with Gasteiger partial charge in [0.15, 0.2) is 17.3 Å². The molecule has 1 aromatic carbocycles. The van der Waals surface area contributed by atoms with Crippen LogP contribution in [0.5, 0.6) is 11.5 Å². The molecule has 102 valence electrons. The van der Waals surface area contributed by atoms with Gasteiger partial charge in [-0.3, -0.25) is 4.68 Å². The standard InChI is InChI=1S/C13H18N4O2/c1-17-13(15-9-16-17)8-19-12-7-10(5-6-14)3-4-11(12)18-2/h3-4,7,9H,5-6,8,14H2,1-2H3. The van der Waals surface area contributed by atoms with Crippen LogP contribution in [0, 0.1) is 0 Å². The lowest BCUT2D eigenvalue weighted by Gasteiger charge is -2.11. The van der Waals surface area contributed by atoms with Crippen LogP contribution in [0.2, 0.25) is 0 Å². The van der Waals surface area contributed by atoms with E-state index in [9.17, 15) is 0 Å². The molecular weight excluding hydrogens is 244 g/mol. The molecule has 0 radical (unpaired) electrons. The minimum Gasteiger partial charge on any atom is -0.493 e. The molecule has 2 rings (SSSR count). The largest absolute Gasteiger partial charge is 0.493 e. The fourth-order valence-electron chi connectivity index (χ4n) is 1.75. The maximum atomic E-state index is 5.75. The highest BCUT2D eigenvalue weighted by Crippen LogP contribution is 2.28. The number of aromatic nitrogens is 3. The maximum absolute atomic E-state index is 5.75. The summed E-state index contributed by atoms with van der Waals surface area (Å²) in [6, 6.07) is 5.82. The predicted octanol–water partition coefficient (Wildman–Crippen LogP) is 0.904. The number of rotatable bonds is 6. The summed E-state index contributed by atoms with van der Waals surface area (Å²) < 4.78 is 12.7. The normalized spacial score (nSPS) is 10.5. The first kappa shape index (κ1) is 13.4. The van der Waals surface area contributed by atoms with E-state index in [0.29, 0.717) is 24.7 Å². The Morgan fingerprint density at radius 1 is 1.32 bits per heavy atom. The number of aryl methyl sites for hydroxylation is 1. The van der Waals surface area contributed by atoms with Gasteiger partial charge in [-0.2, -0.15) is 5.10 Å². The number of hydrogen-bond donors (Lipinski definition) is 1. The smallest absolute Gasteiger partial charge is 0.164 e. The van der Waals surface area contributed by atoms with Crippen LogP contribution in [0.3, 0.4) is 0 Å². The van der Waals surface area contributed by atoms with Crippen LogP contribution < -0.4 is 15.2 Å². The van der Waals surface area contributed by atoms with Crippen molar-refractivity contribution in [3.8, 4) is 11.5 Å². The van der Waals surface area contributed by atoms with Crippen LogP contribution in [0.4, 0.5) is 0 Å². The Labute approximate surface area is 112 Å². The van der Waals surface area contributed by atoms with Gasteiger partial charge in [-0.1, -0.05) is 6.07 Å². The molecule has 0 atom stereocenters. The zero-order valence-electron chi connectivity index (χ0n) is 11.2. The summed E-state index contributed by atoms with van der Waals surface area (Å²) in [4.78, 5) is 4.11. The molecule has 1 heterocycles. The van der Waals surface area contributed by atoms with Crippen LogP contribution in [-0.2, 0) is 20.1 Å². The molecule has 0 aliphatic heterocycles. The average molecular weight is 262 g/mol. The van der Waals surface area contributed by atoms with Crippen LogP contribution in [0.15, 0.2) is 24.5 Å². The molecule has 0 unspecified atom stereocenters. The molecule has 0 amide bonds. The number of hydrogen-bond acceptors (Lipinski definition) is 5. The summed E-state index contributed by atoms with van der Waals surface area (Å²) in [6.45, 7) is 0.952. The van der Waals surface area contributed by atoms with E-state index in [1.807, 2.05) is 25.2 Å². The quantitative estimate of drug-likeness (QED) is 0.837. The van der Waals surface area contributed by atoms with Crippen LogP contribution in [0.25, 0.3) is 0 Å². The molecule has 1 aromatic heterocycles. The Balaban J connectivity index is 2.13. The Hall–Kier alpha value is -2.08. The molecule has 2 N–H and O–H groups in total. The molecule has 0 saturated heterocycles. The summed E-state index contributed by atoms with van der Waals surface area (Å²) >= 11 is 0. The zero-order valence-corrected chi connectivity index (χ0v) is 11.2. The van der Waals surface area contributed by atoms with E-state index in [1.165, 1.54) is 6.33 Å². The van der Waals surface area contributed by atoms with Crippen molar-refractivity contribution >= 4 is 0 Å². The van der Waals surface area contributed by atoms with Crippen molar-refractivity contribution in [2.75, 3.05) is 13.7 Å². The highest BCUT2D eigenvalue weighted by Gasteiger charge is 2.08. The highest BCUT2D eigenvalue weighted by molar-refractivity contribution is 5.43. The maximum Gasteiger partial charge on any atom is 0.164 e. The molecule has 0 saturated carbocycles. The number of ether oxygens (including phenoxy) is 2. The Morgan fingerprint density at radius 3 is 2.79 bits per heavy atom. The van der Waals surface area contributed by atoms with Crippen molar-refractivity contribution in [1.29, 1.82) is 0 Å². The molecular formula is C13H18N4O2. The van der Waals surface area contributed by atoms with Gasteiger partial charge in [0.2, 0.25) is 0 Å². The van der Waals surface area contributed by atoms with Crippen molar-refractivity contribution in [2.45, 2.75) is 13.0 Å². The van der Waals surface area contributed by atoms with E-state index in [0.717, 1.165) is 17.8 Å². The first-order valence-electron chi connectivity index (χ1n) is 6.07. The molecule has 0 fully saturated rings. The van der Waals surface area contributed by atoms with Gasteiger partial charge >= 0.3 is 0 Å². The van der Waals surface area contributed by atoms with Crippen molar-refractivity contribution in [3.63, 3.8) is 0 Å². The van der Waals surface area contributed by atoms with Crippen LogP contribution in [0.1, 0.15) is 11.4 Å². The van der Waals surface area contributed by atoms with E-state index >= 15 is 0 Å². The zero-order chi connectivity index (χ0) is 13.7. The fourth-order valence-corrected chi connectivity index (χ4v) is 1.75. The summed E-state index contributed by atoms with van der Waals surface area (Å²) in [5.74, 6) is 2.14. The molecule has 19 heavy (non-hydrogen) atoms. The molecule has 0 aliphatic carbocycles. The van der Waals surface area contributed by atoms with Gasteiger partial charge in [-0.25, -0.2) is 4.98 Å². The molecule has 2 aromatic rings. The second-order valence-electron chi connectivity index (χ2n) is 4.11. The molecule has 6 heteroatoms. The summed E-state index contributed by atoms with van der Waals surface area (Å²) in [5, 5.41) is 4.00. The second-order valence-corrected chi connectivity index (χ2v) is 4.11. The first-order chi connectivity index (χ1) is 9.24. The van der Waals surface area contributed by atoms with Crippen LogP contribution >= 0.6 is 0 Å². The van der Waals surface area contributed by atoms with E-state index in [1.54, 1.807) is 11.8 Å². The number of nitrogens with zero attached hydrogens (tertiary/aromatic N) is 3. The molecule has 0 spiro atoms. The third-order valence-electron chi connectivity index (χ3n) is 2.82. The third kappa shape index (κ3) is 3.23. The number of nitrogens with two attached hydrogens (primary N) is 1. The minimum atomic E-state index is 0.346. The van der Waals surface area contributed by atoms with Gasteiger partial charge in [0.05, 0.1) is 7.11 Å². The Bertz CT molecular complexity index is 539. The van der Waals surface area contributed by atoms with E-state index in [4.69, 9.17) is 15.2 Å². The topological polar surface area (TPSA) is 75.2 Å². The number of methoxy groups -OCH3 is 1. The monoisotopic (exact) mass is 262 g/mol. The third-order valence-corrected chi connectivity index (χ3v) is 2.82. The summed E-state index contributed by atoms with van der Waals surface area (Å²) in [7, 11) is 3.45. The first-order valence-corrected chi connectivity index (χ1v) is 6.07. The van der Waals surface area contributed by atoms with Crippen LogP contribution in [-0.4, -0.2) is 28.4 Å². The van der Waals surface area contributed by atoms with Gasteiger partial charge in [0, 0.05) is 7.05 Å². The Kier molecular flexibility index (Phi) is 4.35. The number of benzene rings is 1. The Morgan fingerprint density at radius 2 is 2.16 bits per heavy atom. The highest BCUT2D eigenvalue weighted by atomic mass is 16.5. The predicted molar refractivity (Wildman–Crippen MR) is 71.1 cm³/mol. The van der Waals surface area contributed by atoms with Crippen molar-refractivity contribution in [1.82, 2.24) is 14.8 Å². The SMILES string of the molecule is COc1ccc(CCN)cc1OCc1ncnn1C. The lowest BCUT2D eigenvalue weighted by molar-refractivity contribution is 0.271. The van der Waals surface area contributed by atoms with Gasteiger partial charge in [-0.15, -0.1) is 0 Å². The van der Waals surface area contributed by atoms with E-state index in [2.05, 4.69) is 10.1 Å². The molecule has 0 aliphatic rings.